The van der Waals surface area contributed by atoms with E-state index in [-0.39, 0.29) is 23.8 Å². The van der Waals surface area contributed by atoms with Crippen molar-refractivity contribution in [1.82, 2.24) is 4.90 Å². The number of aliphatic hydroxyl groups excluding tert-OH is 1. The maximum atomic E-state index is 12.3. The van der Waals surface area contributed by atoms with Crippen molar-refractivity contribution in [2.24, 2.45) is 5.92 Å². The summed E-state index contributed by atoms with van der Waals surface area (Å²) in [4.78, 5) is 26.8. The van der Waals surface area contributed by atoms with Crippen molar-refractivity contribution in [1.29, 1.82) is 0 Å². The van der Waals surface area contributed by atoms with Crippen LogP contribution in [0.3, 0.4) is 0 Å². The molecule has 3 atom stereocenters. The van der Waals surface area contributed by atoms with Crippen molar-refractivity contribution < 1.29 is 19.4 Å². The van der Waals surface area contributed by atoms with E-state index in [0.717, 1.165) is 10.4 Å². The van der Waals surface area contributed by atoms with Gasteiger partial charge in [-0.15, -0.1) is 11.3 Å². The Hall–Kier alpha value is -3.32. The molecule has 0 unspecified atom stereocenters. The number of carbonyl (C=O) groups excluding carboxylic acids is 2. The maximum absolute atomic E-state index is 12.3. The third-order valence-corrected chi connectivity index (χ3v) is 6.35. The van der Waals surface area contributed by atoms with E-state index in [9.17, 15) is 14.7 Å². The second-order valence-corrected chi connectivity index (χ2v) is 8.89. The molecule has 0 radical (unpaired) electrons. The van der Waals surface area contributed by atoms with Crippen LogP contribution in [0.4, 0.5) is 0 Å². The fourth-order valence-electron chi connectivity index (χ4n) is 3.38. The molecule has 3 rings (SSSR count). The van der Waals surface area contributed by atoms with Gasteiger partial charge in [-0.25, -0.2) is 4.79 Å². The molecule has 2 aromatic rings. The van der Waals surface area contributed by atoms with Crippen molar-refractivity contribution in [3.63, 3.8) is 0 Å². The number of benzene rings is 1. The van der Waals surface area contributed by atoms with E-state index < -0.39 is 6.10 Å². The van der Waals surface area contributed by atoms with Crippen LogP contribution >= 0.6 is 11.3 Å². The Morgan fingerprint density at radius 1 is 1.24 bits per heavy atom. The number of esters is 1. The molecule has 1 N–H and O–H groups in total. The molecule has 1 aliphatic rings. The first-order valence-electron chi connectivity index (χ1n) is 10.8. The Kier molecular flexibility index (Phi) is 8.89. The molecule has 1 fully saturated rings. The van der Waals surface area contributed by atoms with Gasteiger partial charge < -0.3 is 14.7 Å². The lowest BCUT2D eigenvalue weighted by Gasteiger charge is -2.20. The van der Waals surface area contributed by atoms with Crippen LogP contribution in [0.1, 0.15) is 46.3 Å². The molecule has 6 heteroatoms. The normalized spacial score (nSPS) is 17.1. The smallest absolute Gasteiger partial charge is 0.348 e. The Morgan fingerprint density at radius 3 is 2.79 bits per heavy atom. The minimum Gasteiger partial charge on any atom is -0.465 e. The van der Waals surface area contributed by atoms with Crippen LogP contribution in [0.2, 0.25) is 0 Å². The van der Waals surface area contributed by atoms with Gasteiger partial charge in [-0.3, -0.25) is 4.79 Å². The summed E-state index contributed by atoms with van der Waals surface area (Å²) < 4.78 is 4.70. The number of thiophene rings is 1. The SMILES string of the molecule is COC(=O)c1ccc(C#CCN2C(=O)CC[C@@H]2C=C[C@@H](O)[C@@H](C)CC#Cc2ccccc2)s1. The van der Waals surface area contributed by atoms with Crippen LogP contribution in [0.25, 0.3) is 0 Å². The van der Waals surface area contributed by atoms with E-state index in [4.69, 9.17) is 4.74 Å². The van der Waals surface area contributed by atoms with E-state index in [1.807, 2.05) is 43.3 Å². The summed E-state index contributed by atoms with van der Waals surface area (Å²) in [6.45, 7) is 2.26. The zero-order chi connectivity index (χ0) is 23.6. The Balaban J connectivity index is 1.54. The summed E-state index contributed by atoms with van der Waals surface area (Å²) in [5, 5.41) is 10.5. The van der Waals surface area contributed by atoms with Gasteiger partial charge in [0.1, 0.15) is 4.88 Å². The topological polar surface area (TPSA) is 66.8 Å². The Labute approximate surface area is 199 Å². The lowest BCUT2D eigenvalue weighted by molar-refractivity contribution is -0.127. The second kappa shape index (κ2) is 12.1. The number of likely N-dealkylation sites (tertiary alicyclic amines) is 1. The lowest BCUT2D eigenvalue weighted by Crippen LogP contribution is -2.32. The standard InChI is InChI=1S/C27H27NO4S/c1-20(8-6-11-21-9-4-3-5-10-21)24(29)16-13-22-14-18-26(30)28(22)19-7-12-23-15-17-25(33-23)27(31)32-2/h3-5,9-10,13,15-17,20,22,24,29H,8,14,18-19H2,1-2H3/t20-,22-,24+/m0/s1. The lowest BCUT2D eigenvalue weighted by atomic mass is 9.99. The molecule has 1 aromatic carbocycles. The van der Waals surface area contributed by atoms with Crippen LogP contribution in [0.5, 0.6) is 0 Å². The number of rotatable bonds is 6. The van der Waals surface area contributed by atoms with Gasteiger partial charge in [-0.1, -0.05) is 61.0 Å². The van der Waals surface area contributed by atoms with Crippen LogP contribution in [-0.4, -0.2) is 47.7 Å². The highest BCUT2D eigenvalue weighted by atomic mass is 32.1. The molecule has 33 heavy (non-hydrogen) atoms. The van der Waals surface area contributed by atoms with Crippen LogP contribution < -0.4 is 0 Å². The molecule has 1 aliphatic heterocycles. The minimum atomic E-state index is -0.637. The first-order chi connectivity index (χ1) is 16.0. The monoisotopic (exact) mass is 461 g/mol. The minimum absolute atomic E-state index is 0.0226. The molecule has 2 heterocycles. The molecule has 0 bridgehead atoms. The average Bonchev–Trinajstić information content (AvgIpc) is 3.44. The maximum Gasteiger partial charge on any atom is 0.348 e. The van der Waals surface area contributed by atoms with Crippen molar-refractivity contribution >= 4 is 23.2 Å². The number of amides is 1. The molecule has 170 valence electrons. The number of aliphatic hydroxyl groups is 1. The summed E-state index contributed by atoms with van der Waals surface area (Å²) in [5.74, 6) is 11.9. The highest BCUT2D eigenvalue weighted by Crippen LogP contribution is 2.21. The summed E-state index contributed by atoms with van der Waals surface area (Å²) in [5.41, 5.74) is 0.958. The molecule has 0 aliphatic carbocycles. The van der Waals surface area contributed by atoms with Gasteiger partial charge in [-0.05, 0) is 36.6 Å². The van der Waals surface area contributed by atoms with Crippen LogP contribution in [0, 0.1) is 29.6 Å². The average molecular weight is 462 g/mol. The first-order valence-corrected chi connectivity index (χ1v) is 11.7. The molecular formula is C27H27NO4S. The highest BCUT2D eigenvalue weighted by Gasteiger charge is 2.28. The van der Waals surface area contributed by atoms with E-state index in [0.29, 0.717) is 30.7 Å². The Morgan fingerprint density at radius 2 is 2.03 bits per heavy atom. The van der Waals surface area contributed by atoms with Crippen molar-refractivity contribution in [2.45, 2.75) is 38.3 Å². The largest absolute Gasteiger partial charge is 0.465 e. The second-order valence-electron chi connectivity index (χ2n) is 7.81. The number of methoxy groups -OCH3 is 1. The van der Waals surface area contributed by atoms with Crippen LogP contribution in [-0.2, 0) is 9.53 Å². The van der Waals surface area contributed by atoms with Crippen molar-refractivity contribution in [2.75, 3.05) is 13.7 Å². The molecule has 0 saturated carbocycles. The molecule has 0 spiro atoms. The van der Waals surface area contributed by atoms with Gasteiger partial charge in [0, 0.05) is 18.4 Å². The van der Waals surface area contributed by atoms with E-state index in [1.54, 1.807) is 23.1 Å². The molecule has 1 amide bonds. The van der Waals surface area contributed by atoms with E-state index in [1.165, 1.54) is 18.4 Å². The summed E-state index contributed by atoms with van der Waals surface area (Å²) in [6, 6.07) is 13.1. The predicted molar refractivity (Wildman–Crippen MR) is 130 cm³/mol. The van der Waals surface area contributed by atoms with E-state index in [2.05, 4.69) is 23.7 Å². The first kappa shape index (κ1) is 24.3. The quantitative estimate of drug-likeness (QED) is 0.403. The Bertz CT molecular complexity index is 1110. The van der Waals surface area contributed by atoms with Gasteiger partial charge in [-0.2, -0.15) is 0 Å². The fraction of sp³-hybridized carbons (Fsp3) is 0.333. The van der Waals surface area contributed by atoms with Gasteiger partial charge >= 0.3 is 5.97 Å². The summed E-state index contributed by atoms with van der Waals surface area (Å²) in [6.07, 6.45) is 4.78. The number of ether oxygens (including phenoxy) is 1. The van der Waals surface area contributed by atoms with Gasteiger partial charge in [0.05, 0.1) is 30.7 Å². The van der Waals surface area contributed by atoms with Gasteiger partial charge in [0.2, 0.25) is 5.91 Å². The fourth-order valence-corrected chi connectivity index (χ4v) is 4.18. The number of hydrogen-bond donors (Lipinski definition) is 1. The van der Waals surface area contributed by atoms with Gasteiger partial charge in [0.15, 0.2) is 0 Å². The number of carbonyl (C=O) groups is 2. The third kappa shape index (κ3) is 7.08. The molecule has 1 saturated heterocycles. The third-order valence-electron chi connectivity index (χ3n) is 5.37. The summed E-state index contributed by atoms with van der Waals surface area (Å²) in [7, 11) is 1.34. The van der Waals surface area contributed by atoms with Crippen molar-refractivity contribution in [3.05, 3.63) is 69.9 Å². The van der Waals surface area contributed by atoms with E-state index >= 15 is 0 Å². The molecular weight excluding hydrogens is 434 g/mol. The molecule has 5 nitrogen and oxygen atoms in total. The zero-order valence-corrected chi connectivity index (χ0v) is 19.6. The summed E-state index contributed by atoms with van der Waals surface area (Å²) >= 11 is 1.26. The number of nitrogens with zero attached hydrogens (tertiary/aromatic N) is 1. The van der Waals surface area contributed by atoms with Crippen LogP contribution in [0.15, 0.2) is 54.6 Å². The zero-order valence-electron chi connectivity index (χ0n) is 18.8. The highest BCUT2D eigenvalue weighted by molar-refractivity contribution is 7.14. The molecule has 1 aromatic heterocycles. The van der Waals surface area contributed by atoms with Crippen molar-refractivity contribution in [3.8, 4) is 23.7 Å². The predicted octanol–water partition coefficient (Wildman–Crippen LogP) is 3.87. The number of hydrogen-bond acceptors (Lipinski definition) is 5. The van der Waals surface area contributed by atoms with Gasteiger partial charge in [0.25, 0.3) is 0 Å².